The topological polar surface area (TPSA) is 12.9 Å². The summed E-state index contributed by atoms with van der Waals surface area (Å²) in [6, 6.07) is 11.3. The maximum Gasteiger partial charge on any atom is 0.0702 e. The highest BCUT2D eigenvalue weighted by atomic mass is 79.9. The lowest BCUT2D eigenvalue weighted by Crippen LogP contribution is -2.18. The standard InChI is InChI=1S/C21H24BrN/c1-13-7-15-9-14(2)20-11-16(21-6-4-18(22)12-23-21)3-5-19(20)17(8-13)10-15/h3-6,11-15,17H,7-10H2,1-2H3. The molecule has 2 aliphatic carbocycles. The summed E-state index contributed by atoms with van der Waals surface area (Å²) in [5.41, 5.74) is 5.53. The Bertz CT molecular complexity index is 706. The molecule has 23 heavy (non-hydrogen) atoms. The van der Waals surface area contributed by atoms with Gasteiger partial charge in [0.15, 0.2) is 0 Å². The normalized spacial score (nSPS) is 29.7. The Morgan fingerprint density at radius 1 is 0.957 bits per heavy atom. The zero-order valence-corrected chi connectivity index (χ0v) is 15.5. The number of hydrogen-bond donors (Lipinski definition) is 0. The van der Waals surface area contributed by atoms with Crippen LogP contribution >= 0.6 is 15.9 Å². The van der Waals surface area contributed by atoms with Gasteiger partial charge in [-0.1, -0.05) is 26.0 Å². The second kappa shape index (κ2) is 6.05. The van der Waals surface area contributed by atoms with Crippen LogP contribution in [0.25, 0.3) is 11.3 Å². The molecule has 4 unspecified atom stereocenters. The summed E-state index contributed by atoms with van der Waals surface area (Å²) in [4.78, 5) is 4.58. The molecule has 4 atom stereocenters. The van der Waals surface area contributed by atoms with Crippen molar-refractivity contribution in [2.24, 2.45) is 11.8 Å². The first-order valence-corrected chi connectivity index (χ1v) is 9.65. The van der Waals surface area contributed by atoms with Crippen LogP contribution in [0.5, 0.6) is 0 Å². The molecule has 4 rings (SSSR count). The fourth-order valence-corrected chi connectivity index (χ4v) is 5.13. The van der Waals surface area contributed by atoms with Gasteiger partial charge in [-0.25, -0.2) is 0 Å². The maximum atomic E-state index is 4.58. The van der Waals surface area contributed by atoms with E-state index >= 15 is 0 Å². The highest BCUT2D eigenvalue weighted by molar-refractivity contribution is 9.10. The summed E-state index contributed by atoms with van der Waals surface area (Å²) in [5.74, 6) is 3.24. The molecule has 1 heterocycles. The van der Waals surface area contributed by atoms with E-state index in [-0.39, 0.29) is 0 Å². The van der Waals surface area contributed by atoms with Crippen LogP contribution in [0.4, 0.5) is 0 Å². The highest BCUT2D eigenvalue weighted by Crippen LogP contribution is 2.48. The summed E-state index contributed by atoms with van der Waals surface area (Å²) >= 11 is 3.47. The van der Waals surface area contributed by atoms with Gasteiger partial charge in [-0.3, -0.25) is 4.98 Å². The first-order chi connectivity index (χ1) is 11.1. The smallest absolute Gasteiger partial charge is 0.0702 e. The number of nitrogens with zero attached hydrogens (tertiary/aromatic N) is 1. The second-order valence-electron chi connectivity index (χ2n) is 7.72. The van der Waals surface area contributed by atoms with Gasteiger partial charge in [0.1, 0.15) is 0 Å². The molecule has 2 bridgehead atoms. The molecule has 1 aromatic heterocycles. The van der Waals surface area contributed by atoms with Crippen LogP contribution in [-0.2, 0) is 0 Å². The molecule has 1 nitrogen and oxygen atoms in total. The maximum absolute atomic E-state index is 4.58. The van der Waals surface area contributed by atoms with Gasteiger partial charge in [0.2, 0.25) is 0 Å². The lowest BCUT2D eigenvalue weighted by Gasteiger charge is -2.32. The van der Waals surface area contributed by atoms with Crippen LogP contribution in [0.3, 0.4) is 0 Å². The molecule has 0 N–H and O–H groups in total. The summed E-state index contributed by atoms with van der Waals surface area (Å²) in [6.07, 6.45) is 7.43. The first kappa shape index (κ1) is 15.4. The van der Waals surface area contributed by atoms with Crippen LogP contribution in [0.2, 0.25) is 0 Å². The molecule has 0 radical (unpaired) electrons. The predicted octanol–water partition coefficient (Wildman–Crippen LogP) is 6.54. The molecule has 2 aromatic rings. The molecule has 0 amide bonds. The fourth-order valence-electron chi connectivity index (χ4n) is 4.90. The number of halogens is 1. The monoisotopic (exact) mass is 369 g/mol. The van der Waals surface area contributed by atoms with Gasteiger partial charge in [0.25, 0.3) is 0 Å². The highest BCUT2D eigenvalue weighted by Gasteiger charge is 2.33. The number of rotatable bonds is 1. The minimum atomic E-state index is 0.667. The predicted molar refractivity (Wildman–Crippen MR) is 99.7 cm³/mol. The second-order valence-corrected chi connectivity index (χ2v) is 8.63. The van der Waals surface area contributed by atoms with E-state index in [4.69, 9.17) is 0 Å². The quantitative estimate of drug-likeness (QED) is 0.555. The molecular weight excluding hydrogens is 346 g/mol. The lowest BCUT2D eigenvalue weighted by atomic mass is 9.73. The zero-order chi connectivity index (χ0) is 16.0. The van der Waals surface area contributed by atoms with Gasteiger partial charge in [-0.05, 0) is 94.6 Å². The minimum Gasteiger partial charge on any atom is -0.255 e. The Labute approximate surface area is 147 Å². The van der Waals surface area contributed by atoms with Gasteiger partial charge in [0.05, 0.1) is 5.69 Å². The van der Waals surface area contributed by atoms with Crippen LogP contribution in [0, 0.1) is 11.8 Å². The number of fused-ring (bicyclic) bond motifs is 4. The molecule has 0 saturated heterocycles. The molecule has 1 aromatic carbocycles. The SMILES string of the molecule is CC1CC2CC(C)c3cc(-c4ccc(Br)cn4)ccc3C(C1)C2. The number of benzene rings is 1. The summed E-state index contributed by atoms with van der Waals surface area (Å²) < 4.78 is 1.03. The average Bonchev–Trinajstić information content (AvgIpc) is 2.63. The van der Waals surface area contributed by atoms with Crippen molar-refractivity contribution in [3.05, 3.63) is 52.1 Å². The van der Waals surface area contributed by atoms with Crippen molar-refractivity contribution in [3.63, 3.8) is 0 Å². The molecule has 0 aliphatic heterocycles. The summed E-state index contributed by atoms with van der Waals surface area (Å²) in [6.45, 7) is 4.86. The van der Waals surface area contributed by atoms with Gasteiger partial charge in [0, 0.05) is 16.2 Å². The van der Waals surface area contributed by atoms with E-state index in [2.05, 4.69) is 65.1 Å². The molecule has 0 spiro atoms. The third-order valence-electron chi connectivity index (χ3n) is 5.81. The zero-order valence-electron chi connectivity index (χ0n) is 13.9. The van der Waals surface area contributed by atoms with Crippen molar-refractivity contribution in [2.75, 3.05) is 0 Å². The minimum absolute atomic E-state index is 0.667. The van der Waals surface area contributed by atoms with E-state index in [1.807, 2.05) is 6.20 Å². The Morgan fingerprint density at radius 2 is 1.83 bits per heavy atom. The largest absolute Gasteiger partial charge is 0.255 e. The first-order valence-electron chi connectivity index (χ1n) is 8.86. The number of hydrogen-bond acceptors (Lipinski definition) is 1. The summed E-state index contributed by atoms with van der Waals surface area (Å²) in [5, 5.41) is 0. The van der Waals surface area contributed by atoms with Gasteiger partial charge in [-0.2, -0.15) is 0 Å². The van der Waals surface area contributed by atoms with Crippen LogP contribution in [-0.4, -0.2) is 4.98 Å². The average molecular weight is 370 g/mol. The van der Waals surface area contributed by atoms with Gasteiger partial charge < -0.3 is 0 Å². The molecular formula is C21H24BrN. The van der Waals surface area contributed by atoms with Crippen LogP contribution in [0.15, 0.2) is 41.0 Å². The molecule has 1 saturated carbocycles. The fraction of sp³-hybridized carbons (Fsp3) is 0.476. The van der Waals surface area contributed by atoms with Crippen molar-refractivity contribution in [3.8, 4) is 11.3 Å². The third-order valence-corrected chi connectivity index (χ3v) is 6.28. The number of pyridine rings is 1. The summed E-state index contributed by atoms with van der Waals surface area (Å²) in [7, 11) is 0. The van der Waals surface area contributed by atoms with Crippen molar-refractivity contribution in [2.45, 2.75) is 51.4 Å². The molecule has 2 heteroatoms. The van der Waals surface area contributed by atoms with E-state index in [0.717, 1.165) is 27.9 Å². The van der Waals surface area contributed by atoms with Crippen molar-refractivity contribution < 1.29 is 0 Å². The molecule has 120 valence electrons. The third kappa shape index (κ3) is 2.98. The van der Waals surface area contributed by atoms with Crippen molar-refractivity contribution >= 4 is 15.9 Å². The Balaban J connectivity index is 1.76. The Hall–Kier alpha value is -1.15. The van der Waals surface area contributed by atoms with Crippen molar-refractivity contribution in [1.82, 2.24) is 4.98 Å². The van der Waals surface area contributed by atoms with Gasteiger partial charge in [-0.15, -0.1) is 0 Å². The van der Waals surface area contributed by atoms with Crippen LogP contribution in [0.1, 0.15) is 62.5 Å². The van der Waals surface area contributed by atoms with Gasteiger partial charge >= 0.3 is 0 Å². The van der Waals surface area contributed by atoms with E-state index in [0.29, 0.717) is 5.92 Å². The van der Waals surface area contributed by atoms with Crippen LogP contribution < -0.4 is 0 Å². The van der Waals surface area contributed by atoms with E-state index in [1.165, 1.54) is 31.2 Å². The lowest BCUT2D eigenvalue weighted by molar-refractivity contribution is 0.244. The van der Waals surface area contributed by atoms with E-state index in [9.17, 15) is 0 Å². The van der Waals surface area contributed by atoms with E-state index < -0.39 is 0 Å². The molecule has 1 fully saturated rings. The Kier molecular flexibility index (Phi) is 4.05. The molecule has 2 aliphatic rings. The Morgan fingerprint density at radius 3 is 2.61 bits per heavy atom. The number of aromatic nitrogens is 1. The van der Waals surface area contributed by atoms with Crippen molar-refractivity contribution in [1.29, 1.82) is 0 Å². The van der Waals surface area contributed by atoms with E-state index in [1.54, 1.807) is 11.1 Å².